The highest BCUT2D eigenvalue weighted by molar-refractivity contribution is 7.49. The smallest absolute Gasteiger partial charge is 0.290 e. The Bertz CT molecular complexity index is 227. The molecule has 0 rings (SSSR count). The Balaban J connectivity index is -0.000000980. The van der Waals surface area contributed by atoms with Crippen molar-refractivity contribution < 1.29 is 36.3 Å². The number of rotatable bonds is 8. The molecule has 0 aromatic heterocycles. The Hall–Kier alpha value is 0.220. The largest absolute Gasteiger partial charge is 0.476 e. The SMILES string of the molecule is C.C.COP(=O)(OC)OCOP(=O)(OC)OC. The zero-order valence-corrected chi connectivity index (χ0v) is 10.7. The monoisotopic (exact) mass is 296 g/mol. The Morgan fingerprint density at radius 1 is 0.706 bits per heavy atom. The molecule has 0 aromatic carbocycles. The van der Waals surface area contributed by atoms with Gasteiger partial charge in [0.25, 0.3) is 0 Å². The van der Waals surface area contributed by atoms with Crippen LogP contribution in [0.1, 0.15) is 14.9 Å². The average molecular weight is 296 g/mol. The Kier molecular flexibility index (Phi) is 13.4. The highest BCUT2D eigenvalue weighted by Crippen LogP contribution is 2.51. The van der Waals surface area contributed by atoms with Crippen molar-refractivity contribution in [3.8, 4) is 0 Å². The summed E-state index contributed by atoms with van der Waals surface area (Å²) in [6.07, 6.45) is 0. The van der Waals surface area contributed by atoms with Crippen LogP contribution in [-0.2, 0) is 36.3 Å². The van der Waals surface area contributed by atoms with Crippen molar-refractivity contribution >= 4 is 15.6 Å². The Labute approximate surface area is 103 Å². The summed E-state index contributed by atoms with van der Waals surface area (Å²) in [5.74, 6) is 0. The third-order valence-corrected chi connectivity index (χ3v) is 3.95. The molecule has 0 saturated carbocycles. The molecule has 8 nitrogen and oxygen atoms in total. The zero-order chi connectivity index (χ0) is 11.9. The summed E-state index contributed by atoms with van der Waals surface area (Å²) in [7, 11) is -2.75. The fourth-order valence-corrected chi connectivity index (χ4v) is 1.68. The molecule has 0 atom stereocenters. The van der Waals surface area contributed by atoms with Gasteiger partial charge in [-0.25, -0.2) is 9.13 Å². The van der Waals surface area contributed by atoms with Crippen LogP contribution in [0.3, 0.4) is 0 Å². The van der Waals surface area contributed by atoms with Crippen LogP contribution >= 0.6 is 15.6 Å². The molecular formula is C7H22O8P2. The molecule has 17 heavy (non-hydrogen) atoms. The molecule has 0 aliphatic rings. The van der Waals surface area contributed by atoms with Gasteiger partial charge < -0.3 is 0 Å². The van der Waals surface area contributed by atoms with Gasteiger partial charge in [-0.2, -0.15) is 0 Å². The van der Waals surface area contributed by atoms with E-state index in [-0.39, 0.29) is 14.9 Å². The van der Waals surface area contributed by atoms with Crippen LogP contribution in [0.15, 0.2) is 0 Å². The highest BCUT2D eigenvalue weighted by Gasteiger charge is 2.27. The van der Waals surface area contributed by atoms with Gasteiger partial charge in [0.2, 0.25) is 0 Å². The molecule has 0 aliphatic carbocycles. The number of phosphoric ester groups is 2. The van der Waals surface area contributed by atoms with Crippen molar-refractivity contribution in [2.75, 3.05) is 35.2 Å². The summed E-state index contributed by atoms with van der Waals surface area (Å²) < 4.78 is 49.5. The second-order valence-electron chi connectivity index (χ2n) is 2.00. The number of phosphoric acid groups is 2. The summed E-state index contributed by atoms with van der Waals surface area (Å²) in [6, 6.07) is 0. The second-order valence-corrected chi connectivity index (χ2v) is 5.77. The van der Waals surface area contributed by atoms with E-state index < -0.39 is 22.4 Å². The van der Waals surface area contributed by atoms with Crippen LogP contribution in [0.25, 0.3) is 0 Å². The molecular weight excluding hydrogens is 274 g/mol. The first-order chi connectivity index (χ1) is 6.95. The van der Waals surface area contributed by atoms with Crippen LogP contribution < -0.4 is 0 Å². The lowest BCUT2D eigenvalue weighted by molar-refractivity contribution is 0.0373. The molecule has 0 aromatic rings. The number of hydrogen-bond acceptors (Lipinski definition) is 8. The van der Waals surface area contributed by atoms with E-state index in [1.54, 1.807) is 0 Å². The maximum atomic E-state index is 11.3. The van der Waals surface area contributed by atoms with E-state index in [1.165, 1.54) is 0 Å². The van der Waals surface area contributed by atoms with Gasteiger partial charge in [-0.15, -0.1) is 0 Å². The minimum atomic E-state index is -3.65. The van der Waals surface area contributed by atoms with Crippen LogP contribution in [0.5, 0.6) is 0 Å². The first-order valence-electron chi connectivity index (χ1n) is 3.67. The van der Waals surface area contributed by atoms with Crippen LogP contribution in [0.4, 0.5) is 0 Å². The van der Waals surface area contributed by atoms with Gasteiger partial charge >= 0.3 is 15.6 Å². The lowest BCUT2D eigenvalue weighted by Gasteiger charge is -2.16. The van der Waals surface area contributed by atoms with E-state index >= 15 is 0 Å². The first-order valence-corrected chi connectivity index (χ1v) is 6.59. The van der Waals surface area contributed by atoms with Gasteiger partial charge in [0.1, 0.15) is 0 Å². The standard InChI is InChI=1S/C5H14O8P2.2CH4/c1-8-14(6,9-2)12-5-13-15(7,10-3)11-4;;/h5H2,1-4H3;2*1H4. The van der Waals surface area contributed by atoms with Gasteiger partial charge in [-0.1, -0.05) is 14.9 Å². The molecule has 0 fully saturated rings. The molecule has 108 valence electrons. The third kappa shape index (κ3) is 8.02. The lowest BCUT2D eigenvalue weighted by atomic mass is 11.6. The molecule has 0 saturated heterocycles. The molecule has 0 spiro atoms. The quantitative estimate of drug-likeness (QED) is 0.498. The second kappa shape index (κ2) is 10.2. The van der Waals surface area contributed by atoms with Crippen molar-refractivity contribution in [3.05, 3.63) is 0 Å². The molecule has 0 amide bonds. The van der Waals surface area contributed by atoms with Crippen LogP contribution in [-0.4, -0.2) is 35.2 Å². The minimum absolute atomic E-state index is 0. The topological polar surface area (TPSA) is 89.5 Å². The van der Waals surface area contributed by atoms with Crippen molar-refractivity contribution in [2.45, 2.75) is 14.9 Å². The van der Waals surface area contributed by atoms with Crippen molar-refractivity contribution in [1.82, 2.24) is 0 Å². The van der Waals surface area contributed by atoms with E-state index in [2.05, 4.69) is 27.1 Å². The van der Waals surface area contributed by atoms with Gasteiger partial charge in [0.05, 0.1) is 0 Å². The number of hydrogen-bond donors (Lipinski definition) is 0. The molecule has 0 radical (unpaired) electrons. The van der Waals surface area contributed by atoms with Crippen LogP contribution in [0.2, 0.25) is 0 Å². The van der Waals surface area contributed by atoms with E-state index in [9.17, 15) is 9.13 Å². The summed E-state index contributed by atoms with van der Waals surface area (Å²) in [5.41, 5.74) is 0. The van der Waals surface area contributed by atoms with Crippen molar-refractivity contribution in [2.24, 2.45) is 0 Å². The van der Waals surface area contributed by atoms with E-state index in [4.69, 9.17) is 0 Å². The highest BCUT2D eigenvalue weighted by atomic mass is 31.2. The third-order valence-electron chi connectivity index (χ3n) is 1.32. The lowest BCUT2D eigenvalue weighted by Crippen LogP contribution is -2.02. The Morgan fingerprint density at radius 2 is 0.941 bits per heavy atom. The normalized spacial score (nSPS) is 11.5. The fourth-order valence-electron chi connectivity index (χ4n) is 0.513. The summed E-state index contributed by atoms with van der Waals surface area (Å²) >= 11 is 0. The summed E-state index contributed by atoms with van der Waals surface area (Å²) in [5, 5.41) is 0. The molecule has 0 heterocycles. The molecule has 0 bridgehead atoms. The van der Waals surface area contributed by atoms with Crippen molar-refractivity contribution in [3.63, 3.8) is 0 Å². The summed E-state index contributed by atoms with van der Waals surface area (Å²) in [4.78, 5) is 0. The predicted octanol–water partition coefficient (Wildman–Crippen LogP) is 3.05. The maximum Gasteiger partial charge on any atom is 0.476 e. The van der Waals surface area contributed by atoms with Crippen molar-refractivity contribution in [1.29, 1.82) is 0 Å². The van der Waals surface area contributed by atoms with Gasteiger partial charge in [-0.3, -0.25) is 27.1 Å². The molecule has 0 N–H and O–H groups in total. The zero-order valence-electron chi connectivity index (χ0n) is 8.87. The average Bonchev–Trinajstić information content (AvgIpc) is 2.28. The molecule has 0 unspecified atom stereocenters. The minimum Gasteiger partial charge on any atom is -0.290 e. The van der Waals surface area contributed by atoms with Crippen LogP contribution in [0, 0.1) is 0 Å². The Morgan fingerprint density at radius 3 is 1.12 bits per heavy atom. The van der Waals surface area contributed by atoms with Gasteiger partial charge in [0, 0.05) is 28.4 Å². The fraction of sp³-hybridized carbons (Fsp3) is 1.00. The van der Waals surface area contributed by atoms with E-state index in [0.29, 0.717) is 0 Å². The van der Waals surface area contributed by atoms with E-state index in [1.807, 2.05) is 0 Å². The maximum absolute atomic E-state index is 11.3. The predicted molar refractivity (Wildman–Crippen MR) is 63.7 cm³/mol. The van der Waals surface area contributed by atoms with Gasteiger partial charge in [0.15, 0.2) is 6.79 Å². The van der Waals surface area contributed by atoms with E-state index in [0.717, 1.165) is 28.4 Å². The van der Waals surface area contributed by atoms with Gasteiger partial charge in [-0.05, 0) is 0 Å². The molecule has 0 aliphatic heterocycles. The summed E-state index contributed by atoms with van der Waals surface area (Å²) in [6.45, 7) is -0.613. The molecule has 10 heteroatoms. The first kappa shape index (κ1) is 22.4.